The molecular weight excluding hydrogens is 310 g/mol. The first-order valence-electron chi connectivity index (χ1n) is 7.87. The summed E-state index contributed by atoms with van der Waals surface area (Å²) in [5, 5.41) is 13.2. The normalized spacial score (nSPS) is 20.0. The Morgan fingerprint density at radius 1 is 1.21 bits per heavy atom. The molecule has 1 amide bonds. The predicted molar refractivity (Wildman–Crippen MR) is 89.3 cm³/mol. The number of fused-ring (bicyclic) bond motifs is 1. The molecule has 1 saturated heterocycles. The molecule has 0 aliphatic carbocycles. The molecule has 0 bridgehead atoms. The van der Waals surface area contributed by atoms with Crippen LogP contribution in [-0.4, -0.2) is 35.8 Å². The van der Waals surface area contributed by atoms with E-state index in [0.29, 0.717) is 17.9 Å². The number of amides is 1. The first-order valence-corrected chi connectivity index (χ1v) is 7.87. The zero-order valence-electron chi connectivity index (χ0n) is 13.3. The molecule has 1 aliphatic rings. The van der Waals surface area contributed by atoms with E-state index in [9.17, 15) is 9.59 Å². The Bertz CT molecular complexity index is 773. The minimum absolute atomic E-state index is 0.101. The number of carbonyl (C=O) groups excluding carboxylic acids is 1. The number of hydrogen-bond acceptors (Lipinski definition) is 4. The molecule has 3 rings (SSSR count). The van der Waals surface area contributed by atoms with Crippen LogP contribution in [0.2, 0.25) is 0 Å². The second-order valence-corrected chi connectivity index (χ2v) is 5.84. The zero-order valence-corrected chi connectivity index (χ0v) is 13.3. The highest BCUT2D eigenvalue weighted by molar-refractivity contribution is 6.05. The number of carbonyl (C=O) groups is 2. The summed E-state index contributed by atoms with van der Waals surface area (Å²) in [5.41, 5.74) is 0.654. The third kappa shape index (κ3) is 3.49. The minimum atomic E-state index is -1.04. The van der Waals surface area contributed by atoms with Crippen LogP contribution in [0.25, 0.3) is 10.8 Å². The number of hydrogen-bond donors (Lipinski definition) is 2. The quantitative estimate of drug-likeness (QED) is 0.881. The van der Waals surface area contributed by atoms with Gasteiger partial charge in [0.15, 0.2) is 6.61 Å². The van der Waals surface area contributed by atoms with E-state index in [4.69, 9.17) is 14.6 Å². The van der Waals surface area contributed by atoms with Crippen LogP contribution in [0, 0.1) is 0 Å². The molecule has 2 atom stereocenters. The first-order chi connectivity index (χ1) is 11.5. The molecule has 1 aliphatic heterocycles. The predicted octanol–water partition coefficient (Wildman–Crippen LogP) is 2.81. The molecule has 6 nitrogen and oxygen atoms in total. The monoisotopic (exact) mass is 329 g/mol. The van der Waals surface area contributed by atoms with Crippen molar-refractivity contribution >= 4 is 28.3 Å². The smallest absolute Gasteiger partial charge is 0.341 e. The Morgan fingerprint density at radius 3 is 2.62 bits per heavy atom. The second-order valence-electron chi connectivity index (χ2n) is 5.84. The van der Waals surface area contributed by atoms with Gasteiger partial charge >= 0.3 is 5.97 Å². The van der Waals surface area contributed by atoms with Gasteiger partial charge in [0.05, 0.1) is 6.10 Å². The highest BCUT2D eigenvalue weighted by atomic mass is 16.5. The summed E-state index contributed by atoms with van der Waals surface area (Å²) in [4.78, 5) is 23.1. The van der Waals surface area contributed by atoms with Gasteiger partial charge in [-0.15, -0.1) is 0 Å². The summed E-state index contributed by atoms with van der Waals surface area (Å²) in [6.45, 7) is 1.54. The number of aliphatic carboxylic acids is 1. The molecular formula is C18H19NO5. The maximum Gasteiger partial charge on any atom is 0.341 e. The molecule has 2 aromatic rings. The van der Waals surface area contributed by atoms with Gasteiger partial charge in [-0.2, -0.15) is 0 Å². The van der Waals surface area contributed by atoms with Gasteiger partial charge < -0.3 is 19.9 Å². The lowest BCUT2D eigenvalue weighted by Gasteiger charge is -2.15. The zero-order chi connectivity index (χ0) is 17.1. The molecule has 2 unspecified atom stereocenters. The van der Waals surface area contributed by atoms with Gasteiger partial charge in [0.2, 0.25) is 0 Å². The molecule has 1 fully saturated rings. The third-order valence-corrected chi connectivity index (χ3v) is 4.02. The van der Waals surface area contributed by atoms with E-state index in [1.165, 1.54) is 0 Å². The van der Waals surface area contributed by atoms with Crippen LogP contribution in [0.15, 0.2) is 36.4 Å². The summed E-state index contributed by atoms with van der Waals surface area (Å²) in [5.74, 6) is -0.732. The largest absolute Gasteiger partial charge is 0.481 e. The molecule has 2 aromatic carbocycles. The van der Waals surface area contributed by atoms with Gasteiger partial charge in [-0.3, -0.25) is 4.79 Å². The summed E-state index contributed by atoms with van der Waals surface area (Å²) in [6.07, 6.45) is 1.26. The molecule has 1 heterocycles. The van der Waals surface area contributed by atoms with Gasteiger partial charge in [0.25, 0.3) is 5.91 Å². The second kappa shape index (κ2) is 6.88. The van der Waals surface area contributed by atoms with E-state index >= 15 is 0 Å². The van der Waals surface area contributed by atoms with Gasteiger partial charge in [-0.05, 0) is 31.9 Å². The van der Waals surface area contributed by atoms with Gasteiger partial charge in [0.1, 0.15) is 11.9 Å². The number of benzene rings is 2. The molecule has 0 radical (unpaired) electrons. The van der Waals surface area contributed by atoms with E-state index in [-0.39, 0.29) is 12.0 Å². The standard InChI is InChI=1S/C18H19NO5/c1-11-6-8-16(24-11)18(22)19-14-7-9-15(23-10-17(20)21)13-5-3-2-4-12(13)14/h2-5,7,9,11,16H,6,8,10H2,1H3,(H,19,22)(H,20,21). The van der Waals surface area contributed by atoms with Crippen molar-refractivity contribution < 1.29 is 24.2 Å². The highest BCUT2D eigenvalue weighted by Crippen LogP contribution is 2.32. The van der Waals surface area contributed by atoms with Crippen LogP contribution in [0.1, 0.15) is 19.8 Å². The number of carboxylic acid groups (broad SMARTS) is 1. The minimum Gasteiger partial charge on any atom is -0.481 e. The number of nitrogens with one attached hydrogen (secondary N) is 1. The SMILES string of the molecule is CC1CCC(C(=O)Nc2ccc(OCC(=O)O)c3ccccc23)O1. The average Bonchev–Trinajstić information content (AvgIpc) is 3.00. The van der Waals surface area contributed by atoms with Gasteiger partial charge in [0, 0.05) is 16.5 Å². The van der Waals surface area contributed by atoms with Crippen LogP contribution < -0.4 is 10.1 Å². The van der Waals surface area contributed by atoms with Gasteiger partial charge in [-0.25, -0.2) is 4.79 Å². The topological polar surface area (TPSA) is 84.9 Å². The lowest BCUT2D eigenvalue weighted by molar-refractivity contribution is -0.139. The number of ether oxygens (including phenoxy) is 2. The van der Waals surface area contributed by atoms with E-state index in [0.717, 1.165) is 17.2 Å². The fraction of sp³-hybridized carbons (Fsp3) is 0.333. The fourth-order valence-corrected chi connectivity index (χ4v) is 2.85. The molecule has 0 saturated carbocycles. The summed E-state index contributed by atoms with van der Waals surface area (Å²) in [6, 6.07) is 10.8. The Hall–Kier alpha value is -2.60. The van der Waals surface area contributed by atoms with Crippen molar-refractivity contribution in [2.75, 3.05) is 11.9 Å². The molecule has 0 spiro atoms. The maximum atomic E-state index is 12.4. The van der Waals surface area contributed by atoms with E-state index in [1.807, 2.05) is 31.2 Å². The molecule has 0 aromatic heterocycles. The van der Waals surface area contributed by atoms with Crippen molar-refractivity contribution in [2.24, 2.45) is 0 Å². The van der Waals surface area contributed by atoms with Crippen molar-refractivity contribution in [1.29, 1.82) is 0 Å². The van der Waals surface area contributed by atoms with Crippen LogP contribution in [0.5, 0.6) is 5.75 Å². The highest BCUT2D eigenvalue weighted by Gasteiger charge is 2.28. The van der Waals surface area contributed by atoms with Crippen molar-refractivity contribution in [3.63, 3.8) is 0 Å². The van der Waals surface area contributed by atoms with Crippen LogP contribution >= 0.6 is 0 Å². The van der Waals surface area contributed by atoms with Crippen molar-refractivity contribution in [2.45, 2.75) is 32.0 Å². The van der Waals surface area contributed by atoms with Crippen LogP contribution in [0.3, 0.4) is 0 Å². The van der Waals surface area contributed by atoms with Crippen molar-refractivity contribution in [3.05, 3.63) is 36.4 Å². The molecule has 126 valence electrons. The first kappa shape index (κ1) is 16.3. The fourth-order valence-electron chi connectivity index (χ4n) is 2.85. The van der Waals surface area contributed by atoms with Crippen molar-refractivity contribution in [1.82, 2.24) is 0 Å². The summed E-state index contributed by atoms with van der Waals surface area (Å²) in [7, 11) is 0. The summed E-state index contributed by atoms with van der Waals surface area (Å²) >= 11 is 0. The van der Waals surface area contributed by atoms with Gasteiger partial charge in [-0.1, -0.05) is 24.3 Å². The van der Waals surface area contributed by atoms with Crippen LogP contribution in [0.4, 0.5) is 5.69 Å². The molecule has 24 heavy (non-hydrogen) atoms. The Balaban J connectivity index is 1.85. The Morgan fingerprint density at radius 2 is 1.96 bits per heavy atom. The van der Waals surface area contributed by atoms with Crippen LogP contribution in [-0.2, 0) is 14.3 Å². The van der Waals surface area contributed by atoms with E-state index in [1.54, 1.807) is 12.1 Å². The van der Waals surface area contributed by atoms with E-state index < -0.39 is 18.7 Å². The molecule has 6 heteroatoms. The maximum absolute atomic E-state index is 12.4. The number of anilines is 1. The Labute approximate surface area is 139 Å². The summed E-state index contributed by atoms with van der Waals surface area (Å²) < 4.78 is 10.9. The molecule has 2 N–H and O–H groups in total. The van der Waals surface area contributed by atoms with E-state index in [2.05, 4.69) is 5.32 Å². The lowest BCUT2D eigenvalue weighted by atomic mass is 10.1. The lowest BCUT2D eigenvalue weighted by Crippen LogP contribution is -2.27. The average molecular weight is 329 g/mol. The third-order valence-electron chi connectivity index (χ3n) is 4.02. The number of rotatable bonds is 5. The Kier molecular flexibility index (Phi) is 4.66. The number of carboxylic acids is 1. The van der Waals surface area contributed by atoms with Crippen molar-refractivity contribution in [3.8, 4) is 5.75 Å².